The molecule has 5 heteroatoms. The average Bonchev–Trinajstić information content (AvgIpc) is 2.31. The third kappa shape index (κ3) is 2.28. The first kappa shape index (κ1) is 9.67. The van der Waals surface area contributed by atoms with Crippen molar-refractivity contribution in [2.24, 2.45) is 0 Å². The maximum atomic E-state index is 10.4. The number of thiazole rings is 1. The molecule has 0 aliphatic carbocycles. The summed E-state index contributed by atoms with van der Waals surface area (Å²) in [6.45, 7) is 2.00. The van der Waals surface area contributed by atoms with Gasteiger partial charge in [0.25, 0.3) is 0 Å². The number of hydrogen-bond acceptors (Lipinski definition) is 3. The monoisotopic (exact) mass is 249 g/mol. The Balaban J connectivity index is 2.84. The number of aromatic nitrogens is 1. The molecule has 0 radical (unpaired) electrons. The molecule has 0 amide bonds. The lowest BCUT2D eigenvalue weighted by Crippen LogP contribution is -1.98. The highest BCUT2D eigenvalue weighted by Gasteiger charge is 2.10. The summed E-state index contributed by atoms with van der Waals surface area (Å²) >= 11 is 4.67. The third-order valence-corrected chi connectivity index (χ3v) is 3.43. The number of halogens is 1. The molecular formula is C7H8BrNO2S. The first-order valence-electron chi connectivity index (χ1n) is 3.49. The van der Waals surface area contributed by atoms with Gasteiger partial charge in [-0.05, 0) is 22.4 Å². The molecule has 0 saturated carbocycles. The predicted molar refractivity (Wildman–Crippen MR) is 50.5 cm³/mol. The van der Waals surface area contributed by atoms with Crippen molar-refractivity contribution in [2.45, 2.75) is 19.8 Å². The van der Waals surface area contributed by atoms with Gasteiger partial charge in [-0.25, -0.2) is 4.98 Å². The summed E-state index contributed by atoms with van der Waals surface area (Å²) in [5, 5.41) is 9.50. The molecule has 1 N–H and O–H groups in total. The van der Waals surface area contributed by atoms with Crippen LogP contribution in [0.1, 0.15) is 16.8 Å². The van der Waals surface area contributed by atoms with Gasteiger partial charge < -0.3 is 5.11 Å². The molecule has 0 fully saturated rings. The topological polar surface area (TPSA) is 50.2 Å². The number of nitrogens with zero attached hydrogens (tertiary/aromatic N) is 1. The molecule has 0 saturated heterocycles. The van der Waals surface area contributed by atoms with E-state index in [1.165, 1.54) is 11.3 Å². The summed E-state index contributed by atoms with van der Waals surface area (Å²) in [4.78, 5) is 15.3. The molecular weight excluding hydrogens is 242 g/mol. The zero-order valence-corrected chi connectivity index (χ0v) is 8.91. The zero-order chi connectivity index (χ0) is 9.14. The van der Waals surface area contributed by atoms with Gasteiger partial charge in [0, 0.05) is 0 Å². The van der Waals surface area contributed by atoms with E-state index in [1.807, 2.05) is 6.92 Å². The summed E-state index contributed by atoms with van der Waals surface area (Å²) in [5.74, 6) is -0.818. The van der Waals surface area contributed by atoms with Crippen LogP contribution in [-0.2, 0) is 17.6 Å². The first-order valence-corrected chi connectivity index (χ1v) is 5.10. The predicted octanol–water partition coefficient (Wildman–Crippen LogP) is 2.10. The summed E-state index contributed by atoms with van der Waals surface area (Å²) < 4.78 is 0.673. The normalized spacial score (nSPS) is 10.2. The van der Waals surface area contributed by atoms with Gasteiger partial charge in [-0.2, -0.15) is 0 Å². The van der Waals surface area contributed by atoms with Gasteiger partial charge >= 0.3 is 5.97 Å². The van der Waals surface area contributed by atoms with Crippen LogP contribution >= 0.6 is 27.3 Å². The van der Waals surface area contributed by atoms with Crippen molar-refractivity contribution in [1.82, 2.24) is 4.98 Å². The highest BCUT2D eigenvalue weighted by Crippen LogP contribution is 2.24. The Labute approximate surface area is 82.6 Å². The Morgan fingerprint density at radius 2 is 2.42 bits per heavy atom. The van der Waals surface area contributed by atoms with Crippen LogP contribution in [0.3, 0.4) is 0 Å². The molecule has 0 aliphatic rings. The molecule has 1 aromatic heterocycles. The van der Waals surface area contributed by atoms with E-state index in [9.17, 15) is 4.79 Å². The van der Waals surface area contributed by atoms with Crippen LogP contribution in [0.15, 0.2) is 4.60 Å². The number of hydrogen-bond donors (Lipinski definition) is 1. The minimum atomic E-state index is -0.818. The second-order valence-corrected chi connectivity index (χ2v) is 4.16. The van der Waals surface area contributed by atoms with Gasteiger partial charge in [0.2, 0.25) is 0 Å². The van der Waals surface area contributed by atoms with E-state index >= 15 is 0 Å². The van der Waals surface area contributed by atoms with Gasteiger partial charge in [-0.1, -0.05) is 6.92 Å². The Bertz CT molecular complexity index is 298. The van der Waals surface area contributed by atoms with Crippen LogP contribution in [0, 0.1) is 0 Å². The van der Waals surface area contributed by atoms with Crippen molar-refractivity contribution < 1.29 is 9.90 Å². The smallest absolute Gasteiger partial charge is 0.308 e. The molecule has 0 unspecified atom stereocenters. The molecule has 1 aromatic rings. The largest absolute Gasteiger partial charge is 0.481 e. The second kappa shape index (κ2) is 4.00. The van der Waals surface area contributed by atoms with Gasteiger partial charge in [0.1, 0.15) is 4.60 Å². The maximum absolute atomic E-state index is 10.4. The first-order chi connectivity index (χ1) is 5.63. The minimum absolute atomic E-state index is 0.0538. The van der Waals surface area contributed by atoms with Crippen molar-refractivity contribution >= 4 is 33.2 Å². The summed E-state index contributed by atoms with van der Waals surface area (Å²) in [7, 11) is 0. The molecule has 0 spiro atoms. The summed E-state index contributed by atoms with van der Waals surface area (Å²) in [6, 6.07) is 0. The van der Waals surface area contributed by atoms with Crippen molar-refractivity contribution in [2.75, 3.05) is 0 Å². The molecule has 1 heterocycles. The van der Waals surface area contributed by atoms with E-state index in [0.717, 1.165) is 16.3 Å². The molecule has 66 valence electrons. The molecule has 0 aliphatic heterocycles. The second-order valence-electron chi connectivity index (χ2n) is 2.25. The highest BCUT2D eigenvalue weighted by molar-refractivity contribution is 9.10. The SMILES string of the molecule is CCc1nc(Br)c(CC(=O)O)s1. The average molecular weight is 250 g/mol. The standard InChI is InChI=1S/C7H8BrNO2S/c1-2-5-9-7(8)4(12-5)3-6(10)11/h2-3H2,1H3,(H,10,11). The number of carboxylic acid groups (broad SMARTS) is 1. The van der Waals surface area contributed by atoms with Crippen LogP contribution < -0.4 is 0 Å². The van der Waals surface area contributed by atoms with Gasteiger partial charge in [-0.15, -0.1) is 11.3 Å². The number of aliphatic carboxylic acids is 1. The lowest BCUT2D eigenvalue weighted by molar-refractivity contribution is -0.136. The molecule has 1 rings (SSSR count). The van der Waals surface area contributed by atoms with Crippen LogP contribution in [0.5, 0.6) is 0 Å². The highest BCUT2D eigenvalue weighted by atomic mass is 79.9. The van der Waals surface area contributed by atoms with E-state index in [1.54, 1.807) is 0 Å². The summed E-state index contributed by atoms with van der Waals surface area (Å²) in [6.07, 6.45) is 0.904. The minimum Gasteiger partial charge on any atom is -0.481 e. The van der Waals surface area contributed by atoms with E-state index in [2.05, 4.69) is 20.9 Å². The molecule has 0 atom stereocenters. The number of rotatable bonds is 3. The lowest BCUT2D eigenvalue weighted by atomic mass is 10.4. The van der Waals surface area contributed by atoms with E-state index in [4.69, 9.17) is 5.11 Å². The Hall–Kier alpha value is -0.420. The Kier molecular flexibility index (Phi) is 3.22. The van der Waals surface area contributed by atoms with Crippen molar-refractivity contribution in [1.29, 1.82) is 0 Å². The molecule has 12 heavy (non-hydrogen) atoms. The van der Waals surface area contributed by atoms with Crippen molar-refractivity contribution in [3.05, 3.63) is 14.5 Å². The van der Waals surface area contributed by atoms with E-state index in [0.29, 0.717) is 4.60 Å². The lowest BCUT2D eigenvalue weighted by Gasteiger charge is -1.88. The van der Waals surface area contributed by atoms with Crippen LogP contribution in [0.4, 0.5) is 0 Å². The van der Waals surface area contributed by atoms with Crippen LogP contribution in [0.25, 0.3) is 0 Å². The van der Waals surface area contributed by atoms with Gasteiger partial charge in [0.05, 0.1) is 16.3 Å². The third-order valence-electron chi connectivity index (χ3n) is 1.31. The van der Waals surface area contributed by atoms with Crippen molar-refractivity contribution in [3.8, 4) is 0 Å². The number of carbonyl (C=O) groups is 1. The van der Waals surface area contributed by atoms with Gasteiger partial charge in [0.15, 0.2) is 0 Å². The van der Waals surface area contributed by atoms with Crippen molar-refractivity contribution in [3.63, 3.8) is 0 Å². The Morgan fingerprint density at radius 3 is 2.83 bits per heavy atom. The molecule has 0 aromatic carbocycles. The van der Waals surface area contributed by atoms with E-state index in [-0.39, 0.29) is 6.42 Å². The fourth-order valence-corrected chi connectivity index (χ4v) is 2.38. The molecule has 0 bridgehead atoms. The number of aryl methyl sites for hydroxylation is 1. The van der Waals surface area contributed by atoms with E-state index < -0.39 is 5.97 Å². The van der Waals surface area contributed by atoms with Crippen LogP contribution in [0.2, 0.25) is 0 Å². The van der Waals surface area contributed by atoms with Gasteiger partial charge in [-0.3, -0.25) is 4.79 Å². The summed E-state index contributed by atoms with van der Waals surface area (Å²) in [5.41, 5.74) is 0. The fraction of sp³-hybridized carbons (Fsp3) is 0.429. The molecule has 3 nitrogen and oxygen atoms in total. The maximum Gasteiger partial charge on any atom is 0.308 e. The van der Waals surface area contributed by atoms with Crippen LogP contribution in [-0.4, -0.2) is 16.1 Å². The number of carboxylic acids is 1. The zero-order valence-electron chi connectivity index (χ0n) is 6.50. The Morgan fingerprint density at radius 1 is 1.75 bits per heavy atom. The fourth-order valence-electron chi connectivity index (χ4n) is 0.777. The quantitative estimate of drug-likeness (QED) is 0.893.